The summed E-state index contributed by atoms with van der Waals surface area (Å²) >= 11 is 0. The van der Waals surface area contributed by atoms with Crippen LogP contribution in [0.2, 0.25) is 0 Å². The number of phenolic OH excluding ortho intramolecular Hbond substituents is 1. The van der Waals surface area contributed by atoms with E-state index >= 15 is 0 Å². The maximum atomic E-state index is 9.69. The molecule has 0 aliphatic heterocycles. The van der Waals surface area contributed by atoms with E-state index in [1.807, 2.05) is 12.1 Å². The fourth-order valence-electron chi connectivity index (χ4n) is 2.21. The van der Waals surface area contributed by atoms with Gasteiger partial charge in [-0.1, -0.05) is 19.9 Å². The van der Waals surface area contributed by atoms with E-state index in [1.54, 1.807) is 6.07 Å². The standard InChI is InChI=1S/C14H22N4O/c1-3-18(4-2)10-6-9-15-14-11-7-5-8-12(19)13(11)16-17-14/h5,7-8,19H,3-4,6,9-10H2,1-2H3,(H2,15,16,17). The molecule has 0 saturated carbocycles. The summed E-state index contributed by atoms with van der Waals surface area (Å²) in [5.41, 5.74) is 0.689. The molecular formula is C14H22N4O. The lowest BCUT2D eigenvalue weighted by atomic mass is 10.2. The summed E-state index contributed by atoms with van der Waals surface area (Å²) in [7, 11) is 0. The van der Waals surface area contributed by atoms with Crippen LogP contribution in [0.15, 0.2) is 18.2 Å². The molecule has 1 heterocycles. The average molecular weight is 262 g/mol. The number of aromatic hydroxyl groups is 1. The Morgan fingerprint density at radius 2 is 2.11 bits per heavy atom. The van der Waals surface area contributed by atoms with Gasteiger partial charge >= 0.3 is 0 Å². The van der Waals surface area contributed by atoms with E-state index in [9.17, 15) is 5.11 Å². The predicted molar refractivity (Wildman–Crippen MR) is 78.7 cm³/mol. The minimum absolute atomic E-state index is 0.237. The summed E-state index contributed by atoms with van der Waals surface area (Å²) in [6.45, 7) is 8.52. The second-order valence-corrected chi connectivity index (χ2v) is 4.58. The molecule has 0 bridgehead atoms. The van der Waals surface area contributed by atoms with Crippen LogP contribution in [0.5, 0.6) is 5.75 Å². The van der Waals surface area contributed by atoms with Crippen molar-refractivity contribution in [3.63, 3.8) is 0 Å². The van der Waals surface area contributed by atoms with Crippen LogP contribution in [0.3, 0.4) is 0 Å². The van der Waals surface area contributed by atoms with E-state index in [0.29, 0.717) is 5.52 Å². The molecule has 0 saturated heterocycles. The van der Waals surface area contributed by atoms with Crippen molar-refractivity contribution in [3.8, 4) is 5.75 Å². The van der Waals surface area contributed by atoms with E-state index in [2.05, 4.69) is 34.3 Å². The van der Waals surface area contributed by atoms with Crippen LogP contribution in [0.25, 0.3) is 10.9 Å². The Kier molecular flexibility index (Phi) is 4.63. The SMILES string of the molecule is CCN(CC)CCCNc1n[nH]c2c(O)cccc12. The summed E-state index contributed by atoms with van der Waals surface area (Å²) in [6, 6.07) is 5.43. The Hall–Kier alpha value is -1.75. The molecule has 1 aromatic heterocycles. The Labute approximate surface area is 113 Å². The zero-order valence-corrected chi connectivity index (χ0v) is 11.6. The van der Waals surface area contributed by atoms with Crippen molar-refractivity contribution >= 4 is 16.7 Å². The number of benzene rings is 1. The van der Waals surface area contributed by atoms with Crippen LogP contribution < -0.4 is 5.32 Å². The van der Waals surface area contributed by atoms with Crippen molar-refractivity contribution in [3.05, 3.63) is 18.2 Å². The molecule has 0 fully saturated rings. The first kappa shape index (κ1) is 13.7. The third kappa shape index (κ3) is 3.17. The van der Waals surface area contributed by atoms with E-state index in [4.69, 9.17) is 0 Å². The van der Waals surface area contributed by atoms with Gasteiger partial charge in [0.15, 0.2) is 5.82 Å². The van der Waals surface area contributed by atoms with Crippen molar-refractivity contribution in [2.45, 2.75) is 20.3 Å². The third-order valence-corrected chi connectivity index (χ3v) is 3.42. The predicted octanol–water partition coefficient (Wildman–Crippen LogP) is 2.41. The highest BCUT2D eigenvalue weighted by atomic mass is 16.3. The van der Waals surface area contributed by atoms with Gasteiger partial charge in [0.05, 0.1) is 0 Å². The molecule has 0 aliphatic rings. The van der Waals surface area contributed by atoms with Gasteiger partial charge in [-0.2, -0.15) is 5.10 Å². The molecule has 1 aromatic carbocycles. The first-order valence-corrected chi connectivity index (χ1v) is 6.88. The number of anilines is 1. The number of nitrogens with one attached hydrogen (secondary N) is 2. The first-order valence-electron chi connectivity index (χ1n) is 6.88. The van der Waals surface area contributed by atoms with Crippen LogP contribution >= 0.6 is 0 Å². The molecule has 104 valence electrons. The molecule has 0 atom stereocenters. The lowest BCUT2D eigenvalue weighted by Gasteiger charge is -2.17. The first-order chi connectivity index (χ1) is 9.26. The fourth-order valence-corrected chi connectivity index (χ4v) is 2.21. The van der Waals surface area contributed by atoms with Gasteiger partial charge in [0.1, 0.15) is 11.3 Å². The summed E-state index contributed by atoms with van der Waals surface area (Å²) < 4.78 is 0. The summed E-state index contributed by atoms with van der Waals surface area (Å²) in [5.74, 6) is 1.05. The molecule has 5 nitrogen and oxygen atoms in total. The van der Waals surface area contributed by atoms with Crippen LogP contribution in [0.1, 0.15) is 20.3 Å². The molecular weight excluding hydrogens is 240 g/mol. The number of nitrogens with zero attached hydrogens (tertiary/aromatic N) is 2. The average Bonchev–Trinajstić information content (AvgIpc) is 2.84. The van der Waals surface area contributed by atoms with Crippen LogP contribution in [0.4, 0.5) is 5.82 Å². The number of fused-ring (bicyclic) bond motifs is 1. The Morgan fingerprint density at radius 1 is 1.32 bits per heavy atom. The largest absolute Gasteiger partial charge is 0.506 e. The minimum atomic E-state index is 0.237. The smallest absolute Gasteiger partial charge is 0.155 e. The lowest BCUT2D eigenvalue weighted by Crippen LogP contribution is -2.25. The fraction of sp³-hybridized carbons (Fsp3) is 0.500. The van der Waals surface area contributed by atoms with E-state index in [0.717, 1.165) is 43.8 Å². The molecule has 19 heavy (non-hydrogen) atoms. The molecule has 0 radical (unpaired) electrons. The third-order valence-electron chi connectivity index (χ3n) is 3.42. The van der Waals surface area contributed by atoms with E-state index in [-0.39, 0.29) is 5.75 Å². The Bertz CT molecular complexity index is 519. The number of H-pyrrole nitrogens is 1. The minimum Gasteiger partial charge on any atom is -0.506 e. The highest BCUT2D eigenvalue weighted by Crippen LogP contribution is 2.26. The van der Waals surface area contributed by atoms with Crippen molar-refractivity contribution in [1.82, 2.24) is 15.1 Å². The molecule has 0 spiro atoms. The van der Waals surface area contributed by atoms with Gasteiger partial charge in [0.25, 0.3) is 0 Å². The second kappa shape index (κ2) is 6.43. The van der Waals surface area contributed by atoms with Gasteiger partial charge in [0.2, 0.25) is 0 Å². The summed E-state index contributed by atoms with van der Waals surface area (Å²) in [4.78, 5) is 2.40. The Balaban J connectivity index is 1.90. The normalized spacial score (nSPS) is 11.3. The molecule has 0 amide bonds. The maximum absolute atomic E-state index is 9.69. The monoisotopic (exact) mass is 262 g/mol. The summed E-state index contributed by atoms with van der Waals surface area (Å²) in [6.07, 6.45) is 1.08. The highest BCUT2D eigenvalue weighted by Gasteiger charge is 2.07. The summed E-state index contributed by atoms with van der Waals surface area (Å²) in [5, 5.41) is 21.0. The zero-order chi connectivity index (χ0) is 13.7. The highest BCUT2D eigenvalue weighted by molar-refractivity contribution is 5.93. The van der Waals surface area contributed by atoms with Crippen LogP contribution in [-0.4, -0.2) is 46.4 Å². The second-order valence-electron chi connectivity index (χ2n) is 4.58. The topological polar surface area (TPSA) is 64.2 Å². The van der Waals surface area contributed by atoms with Gasteiger partial charge in [0, 0.05) is 11.9 Å². The van der Waals surface area contributed by atoms with Gasteiger partial charge in [-0.15, -0.1) is 0 Å². The molecule has 0 aliphatic carbocycles. The lowest BCUT2D eigenvalue weighted by molar-refractivity contribution is 0.303. The quantitative estimate of drug-likeness (QED) is 0.670. The van der Waals surface area contributed by atoms with E-state index in [1.165, 1.54) is 0 Å². The van der Waals surface area contributed by atoms with Crippen molar-refractivity contribution in [2.24, 2.45) is 0 Å². The number of aromatic amines is 1. The van der Waals surface area contributed by atoms with Crippen molar-refractivity contribution < 1.29 is 5.11 Å². The number of hydrogen-bond donors (Lipinski definition) is 3. The molecule has 2 rings (SSSR count). The number of para-hydroxylation sites is 1. The van der Waals surface area contributed by atoms with Gasteiger partial charge in [-0.3, -0.25) is 5.10 Å². The van der Waals surface area contributed by atoms with Gasteiger partial charge < -0.3 is 15.3 Å². The van der Waals surface area contributed by atoms with E-state index < -0.39 is 0 Å². The zero-order valence-electron chi connectivity index (χ0n) is 11.6. The molecule has 3 N–H and O–H groups in total. The van der Waals surface area contributed by atoms with Gasteiger partial charge in [-0.05, 0) is 38.2 Å². The van der Waals surface area contributed by atoms with Crippen LogP contribution in [-0.2, 0) is 0 Å². The Morgan fingerprint density at radius 3 is 2.84 bits per heavy atom. The molecule has 5 heteroatoms. The number of hydrogen-bond acceptors (Lipinski definition) is 4. The number of rotatable bonds is 7. The van der Waals surface area contributed by atoms with Crippen LogP contribution in [0, 0.1) is 0 Å². The number of aromatic nitrogens is 2. The van der Waals surface area contributed by atoms with Gasteiger partial charge in [-0.25, -0.2) is 0 Å². The number of phenols is 1. The molecule has 0 unspecified atom stereocenters. The maximum Gasteiger partial charge on any atom is 0.155 e. The molecule has 2 aromatic rings. The van der Waals surface area contributed by atoms with Crippen molar-refractivity contribution in [2.75, 3.05) is 31.5 Å². The van der Waals surface area contributed by atoms with Crippen molar-refractivity contribution in [1.29, 1.82) is 0 Å².